The van der Waals surface area contributed by atoms with Gasteiger partial charge in [-0.1, -0.05) is 12.1 Å². The number of benzene rings is 2. The third-order valence-electron chi connectivity index (χ3n) is 6.35. The zero-order valence-electron chi connectivity index (χ0n) is 20.1. The summed E-state index contributed by atoms with van der Waals surface area (Å²) in [5, 5.41) is 0.978. The number of methoxy groups -OCH3 is 1. The number of hydrogen-bond acceptors (Lipinski definition) is 7. The van der Waals surface area contributed by atoms with Crippen LogP contribution >= 0.6 is 11.3 Å². The van der Waals surface area contributed by atoms with Crippen LogP contribution in [0.15, 0.2) is 63.1 Å². The monoisotopic (exact) mass is 526 g/mol. The van der Waals surface area contributed by atoms with Gasteiger partial charge in [0, 0.05) is 16.6 Å². The molecule has 11 heteroatoms. The summed E-state index contributed by atoms with van der Waals surface area (Å²) >= 11 is 1.40. The maximum atomic E-state index is 13.6. The van der Waals surface area contributed by atoms with Crippen LogP contribution in [-0.4, -0.2) is 35.2 Å². The van der Waals surface area contributed by atoms with Crippen molar-refractivity contribution in [3.63, 3.8) is 0 Å². The van der Waals surface area contributed by atoms with E-state index in [-0.39, 0.29) is 23.4 Å². The third kappa shape index (κ3) is 4.73. The molecule has 1 saturated carbocycles. The second kappa shape index (κ2) is 8.99. The highest BCUT2D eigenvalue weighted by Crippen LogP contribution is 2.36. The van der Waals surface area contributed by atoms with Crippen molar-refractivity contribution in [2.24, 2.45) is 0 Å². The van der Waals surface area contributed by atoms with Gasteiger partial charge < -0.3 is 4.74 Å². The van der Waals surface area contributed by atoms with Crippen LogP contribution < -0.4 is 20.7 Å². The third-order valence-corrected chi connectivity index (χ3v) is 8.88. The van der Waals surface area contributed by atoms with Gasteiger partial charge in [0.25, 0.3) is 5.56 Å². The molecule has 4 aromatic rings. The van der Waals surface area contributed by atoms with Crippen molar-refractivity contribution in [2.75, 3.05) is 7.11 Å². The van der Waals surface area contributed by atoms with Gasteiger partial charge in [-0.15, -0.1) is 11.3 Å². The number of nitrogens with zero attached hydrogens (tertiary/aromatic N) is 3. The molecule has 36 heavy (non-hydrogen) atoms. The Morgan fingerprint density at radius 1 is 1.11 bits per heavy atom. The van der Waals surface area contributed by atoms with Gasteiger partial charge in [-0.2, -0.15) is 0 Å². The maximum absolute atomic E-state index is 13.6. The molecule has 1 aliphatic carbocycles. The standard InChI is InChI=1S/C25H26N4O5S2/c1-16-26-13-19(35-16)15-29-23(30)21-12-20(36(32,33)27-25(2)9-10-25)7-8-22(21)28(24(29)31)14-17-5-4-6-18(11-17)34-3/h4-8,11-13,27H,9-10,14-15H2,1-3H3. The van der Waals surface area contributed by atoms with Gasteiger partial charge in [-0.3, -0.25) is 13.9 Å². The molecule has 1 aliphatic rings. The lowest BCUT2D eigenvalue weighted by Crippen LogP contribution is -2.40. The summed E-state index contributed by atoms with van der Waals surface area (Å²) in [6, 6.07) is 11.6. The van der Waals surface area contributed by atoms with E-state index in [2.05, 4.69) is 9.71 Å². The molecule has 0 amide bonds. The summed E-state index contributed by atoms with van der Waals surface area (Å²) in [6.07, 6.45) is 3.17. The minimum Gasteiger partial charge on any atom is -0.497 e. The highest BCUT2D eigenvalue weighted by molar-refractivity contribution is 7.89. The maximum Gasteiger partial charge on any atom is 0.332 e. The van der Waals surface area contributed by atoms with E-state index in [1.54, 1.807) is 13.3 Å². The van der Waals surface area contributed by atoms with Crippen molar-refractivity contribution in [3.05, 3.63) is 84.9 Å². The van der Waals surface area contributed by atoms with Crippen molar-refractivity contribution >= 4 is 32.3 Å². The zero-order chi connectivity index (χ0) is 25.7. The Hall–Kier alpha value is -3.28. The van der Waals surface area contributed by atoms with E-state index in [0.717, 1.165) is 32.9 Å². The van der Waals surface area contributed by atoms with Gasteiger partial charge in [0.2, 0.25) is 10.0 Å². The summed E-state index contributed by atoms with van der Waals surface area (Å²) in [5.41, 5.74) is -0.320. The lowest BCUT2D eigenvalue weighted by atomic mass is 10.2. The molecule has 1 N–H and O–H groups in total. The molecule has 9 nitrogen and oxygen atoms in total. The quantitative estimate of drug-likeness (QED) is 0.378. The van der Waals surface area contributed by atoms with Crippen molar-refractivity contribution in [1.29, 1.82) is 0 Å². The second-order valence-electron chi connectivity index (χ2n) is 9.30. The number of fused-ring (bicyclic) bond motifs is 1. The first-order valence-corrected chi connectivity index (χ1v) is 13.7. The fourth-order valence-electron chi connectivity index (χ4n) is 4.12. The molecule has 0 radical (unpaired) electrons. The Kier molecular flexibility index (Phi) is 6.09. The number of aryl methyl sites for hydroxylation is 1. The largest absolute Gasteiger partial charge is 0.497 e. The molecule has 2 heterocycles. The molecule has 188 valence electrons. The molecular weight excluding hydrogens is 500 g/mol. The minimum absolute atomic E-state index is 0.00742. The summed E-state index contributed by atoms with van der Waals surface area (Å²) in [4.78, 5) is 32.1. The number of nitrogens with one attached hydrogen (secondary N) is 1. The van der Waals surface area contributed by atoms with Crippen molar-refractivity contribution in [1.82, 2.24) is 18.8 Å². The summed E-state index contributed by atoms with van der Waals surface area (Å²) in [7, 11) is -2.27. The van der Waals surface area contributed by atoms with E-state index >= 15 is 0 Å². The van der Waals surface area contributed by atoms with E-state index in [9.17, 15) is 18.0 Å². The first kappa shape index (κ1) is 24.4. The van der Waals surface area contributed by atoms with Crippen LogP contribution in [0.5, 0.6) is 5.75 Å². The molecular formula is C25H26N4O5S2. The predicted molar refractivity (Wildman–Crippen MR) is 138 cm³/mol. The van der Waals surface area contributed by atoms with Gasteiger partial charge in [-0.25, -0.2) is 22.9 Å². The molecule has 5 rings (SSSR count). The summed E-state index contributed by atoms with van der Waals surface area (Å²) in [5.74, 6) is 0.645. The highest BCUT2D eigenvalue weighted by Gasteiger charge is 2.41. The minimum atomic E-state index is -3.83. The van der Waals surface area contributed by atoms with Crippen LogP contribution in [0, 0.1) is 6.92 Å². The van der Waals surface area contributed by atoms with Crippen molar-refractivity contribution < 1.29 is 13.2 Å². The van der Waals surface area contributed by atoms with Crippen molar-refractivity contribution in [3.8, 4) is 5.75 Å². The van der Waals surface area contributed by atoms with Crippen LogP contribution in [0.1, 0.15) is 35.2 Å². The van der Waals surface area contributed by atoms with E-state index in [1.165, 1.54) is 34.1 Å². The molecule has 0 spiro atoms. The zero-order valence-corrected chi connectivity index (χ0v) is 21.8. The summed E-state index contributed by atoms with van der Waals surface area (Å²) in [6.45, 7) is 3.92. The fraction of sp³-hybridized carbons (Fsp3) is 0.320. The number of thiazole rings is 1. The number of aromatic nitrogens is 3. The fourth-order valence-corrected chi connectivity index (χ4v) is 6.40. The Labute approximate surface area is 212 Å². The van der Waals surface area contributed by atoms with Gasteiger partial charge in [0.05, 0.1) is 41.0 Å². The number of sulfonamides is 1. The summed E-state index contributed by atoms with van der Waals surface area (Å²) < 4.78 is 36.7. The number of ether oxygens (including phenoxy) is 1. The molecule has 0 aliphatic heterocycles. The first-order chi connectivity index (χ1) is 17.1. The van der Waals surface area contributed by atoms with Gasteiger partial charge in [-0.05, 0) is 62.6 Å². The molecule has 0 saturated heterocycles. The molecule has 2 aromatic heterocycles. The van der Waals surface area contributed by atoms with Gasteiger partial charge in [0.15, 0.2) is 0 Å². The van der Waals surface area contributed by atoms with Gasteiger partial charge >= 0.3 is 5.69 Å². The normalized spacial score (nSPS) is 14.8. The van der Waals surface area contributed by atoms with E-state index in [1.807, 2.05) is 38.1 Å². The Bertz CT molecular complexity index is 1700. The predicted octanol–water partition coefficient (Wildman–Crippen LogP) is 2.86. The highest BCUT2D eigenvalue weighted by atomic mass is 32.2. The average molecular weight is 527 g/mol. The molecule has 0 unspecified atom stereocenters. The average Bonchev–Trinajstić information content (AvgIpc) is 3.42. The lowest BCUT2D eigenvalue weighted by molar-refractivity contribution is 0.414. The van der Waals surface area contributed by atoms with Crippen LogP contribution in [0.2, 0.25) is 0 Å². The second-order valence-corrected chi connectivity index (χ2v) is 12.3. The Balaban J connectivity index is 1.69. The van der Waals surface area contributed by atoms with E-state index in [0.29, 0.717) is 11.3 Å². The van der Waals surface area contributed by atoms with Crippen LogP contribution in [0.3, 0.4) is 0 Å². The number of hydrogen-bond donors (Lipinski definition) is 1. The van der Waals surface area contributed by atoms with E-state index < -0.39 is 26.8 Å². The molecule has 2 aromatic carbocycles. The molecule has 1 fully saturated rings. The van der Waals surface area contributed by atoms with Crippen molar-refractivity contribution in [2.45, 2.75) is 50.2 Å². The molecule has 0 bridgehead atoms. The van der Waals surface area contributed by atoms with Gasteiger partial charge in [0.1, 0.15) is 5.75 Å². The van der Waals surface area contributed by atoms with Crippen LogP contribution in [-0.2, 0) is 23.1 Å². The Morgan fingerprint density at radius 3 is 2.56 bits per heavy atom. The van der Waals surface area contributed by atoms with Crippen LogP contribution in [0.4, 0.5) is 0 Å². The van der Waals surface area contributed by atoms with E-state index in [4.69, 9.17) is 4.74 Å². The van der Waals surface area contributed by atoms with Crippen LogP contribution in [0.25, 0.3) is 10.9 Å². The Morgan fingerprint density at radius 2 is 1.89 bits per heavy atom. The lowest BCUT2D eigenvalue weighted by Gasteiger charge is -2.16. The smallest absolute Gasteiger partial charge is 0.332 e. The first-order valence-electron chi connectivity index (χ1n) is 11.4. The molecule has 0 atom stereocenters. The SMILES string of the molecule is COc1cccc(Cn2c(=O)n(Cc3cnc(C)s3)c(=O)c3cc(S(=O)(=O)NC4(C)CC4)ccc32)c1. The number of rotatable bonds is 8. The topological polar surface area (TPSA) is 112 Å².